The summed E-state index contributed by atoms with van der Waals surface area (Å²) in [5.41, 5.74) is 1.26. The van der Waals surface area contributed by atoms with Gasteiger partial charge in [0.2, 0.25) is 0 Å². The second kappa shape index (κ2) is 6.12. The van der Waals surface area contributed by atoms with Crippen molar-refractivity contribution >= 4 is 17.5 Å². The van der Waals surface area contributed by atoms with Gasteiger partial charge in [0, 0.05) is 36.1 Å². The Morgan fingerprint density at radius 1 is 1.22 bits per heavy atom. The molecule has 0 spiro atoms. The van der Waals surface area contributed by atoms with E-state index < -0.39 is 0 Å². The first-order valence-corrected chi connectivity index (χ1v) is 5.93. The number of rotatable bonds is 4. The molecule has 4 nitrogen and oxygen atoms in total. The first-order chi connectivity index (χ1) is 8.75. The van der Waals surface area contributed by atoms with Crippen molar-refractivity contribution in [3.63, 3.8) is 0 Å². The van der Waals surface area contributed by atoms with E-state index in [2.05, 4.69) is 15.3 Å². The predicted molar refractivity (Wildman–Crippen MR) is 69.5 cm³/mol. The molecule has 2 aromatic rings. The SMILES string of the molecule is O=C(NCCc1ccccn1)c1cc(Cl)ccn1. The monoisotopic (exact) mass is 261 g/mol. The second-order valence-electron chi connectivity index (χ2n) is 3.69. The molecule has 0 fully saturated rings. The van der Waals surface area contributed by atoms with Crippen molar-refractivity contribution in [1.82, 2.24) is 15.3 Å². The highest BCUT2D eigenvalue weighted by Gasteiger charge is 2.06. The molecule has 2 rings (SSSR count). The summed E-state index contributed by atoms with van der Waals surface area (Å²) < 4.78 is 0. The molecule has 0 aliphatic heterocycles. The fourth-order valence-corrected chi connectivity index (χ4v) is 1.63. The highest BCUT2D eigenvalue weighted by Crippen LogP contribution is 2.07. The molecule has 2 heterocycles. The molecule has 0 saturated heterocycles. The number of carbonyl (C=O) groups is 1. The van der Waals surface area contributed by atoms with Gasteiger partial charge in [-0.25, -0.2) is 0 Å². The van der Waals surface area contributed by atoms with Crippen LogP contribution < -0.4 is 5.32 Å². The molecule has 0 saturated carbocycles. The molecule has 2 aromatic heterocycles. The topological polar surface area (TPSA) is 54.9 Å². The first kappa shape index (κ1) is 12.5. The number of nitrogens with one attached hydrogen (secondary N) is 1. The average Bonchev–Trinajstić information content (AvgIpc) is 2.40. The van der Waals surface area contributed by atoms with Crippen molar-refractivity contribution in [2.45, 2.75) is 6.42 Å². The van der Waals surface area contributed by atoms with Crippen LogP contribution in [-0.4, -0.2) is 22.4 Å². The zero-order valence-electron chi connectivity index (χ0n) is 9.64. The van der Waals surface area contributed by atoms with Crippen LogP contribution in [0.2, 0.25) is 5.02 Å². The number of carbonyl (C=O) groups excluding carboxylic acids is 1. The molecule has 1 N–H and O–H groups in total. The zero-order chi connectivity index (χ0) is 12.8. The molecule has 0 unspecified atom stereocenters. The first-order valence-electron chi connectivity index (χ1n) is 5.55. The number of nitrogens with zero attached hydrogens (tertiary/aromatic N) is 2. The summed E-state index contributed by atoms with van der Waals surface area (Å²) >= 11 is 5.79. The maximum atomic E-state index is 11.7. The molecule has 5 heteroatoms. The van der Waals surface area contributed by atoms with Crippen LogP contribution in [0.1, 0.15) is 16.2 Å². The number of hydrogen-bond donors (Lipinski definition) is 1. The average molecular weight is 262 g/mol. The second-order valence-corrected chi connectivity index (χ2v) is 4.12. The summed E-state index contributed by atoms with van der Waals surface area (Å²) in [7, 11) is 0. The summed E-state index contributed by atoms with van der Waals surface area (Å²) in [5, 5.41) is 3.27. The highest BCUT2D eigenvalue weighted by molar-refractivity contribution is 6.30. The van der Waals surface area contributed by atoms with Gasteiger partial charge < -0.3 is 5.32 Å². The lowest BCUT2D eigenvalue weighted by atomic mass is 10.2. The van der Waals surface area contributed by atoms with Crippen molar-refractivity contribution in [3.05, 3.63) is 59.1 Å². The molecule has 0 atom stereocenters. The van der Waals surface area contributed by atoms with E-state index in [1.807, 2.05) is 18.2 Å². The minimum absolute atomic E-state index is 0.228. The normalized spacial score (nSPS) is 10.1. The predicted octanol–water partition coefficient (Wildman–Crippen LogP) is 2.10. The molecule has 1 amide bonds. The van der Waals surface area contributed by atoms with Gasteiger partial charge in [-0.2, -0.15) is 0 Å². The van der Waals surface area contributed by atoms with Crippen molar-refractivity contribution < 1.29 is 4.79 Å². The standard InChI is InChI=1S/C13H12ClN3O/c14-10-4-7-16-12(9-10)13(18)17-8-5-11-3-1-2-6-15-11/h1-4,6-7,9H,5,8H2,(H,17,18). The number of pyridine rings is 2. The summed E-state index contributed by atoms with van der Waals surface area (Å²) in [6.07, 6.45) is 3.93. The van der Waals surface area contributed by atoms with Gasteiger partial charge >= 0.3 is 0 Å². The number of aromatic nitrogens is 2. The van der Waals surface area contributed by atoms with Crippen molar-refractivity contribution in [3.8, 4) is 0 Å². The highest BCUT2D eigenvalue weighted by atomic mass is 35.5. The van der Waals surface area contributed by atoms with E-state index in [0.29, 0.717) is 23.7 Å². The third kappa shape index (κ3) is 3.53. The minimum atomic E-state index is -0.228. The molecule has 92 valence electrons. The van der Waals surface area contributed by atoms with Crippen LogP contribution in [0.5, 0.6) is 0 Å². The van der Waals surface area contributed by atoms with Crippen LogP contribution in [0.4, 0.5) is 0 Å². The molecule has 0 aliphatic carbocycles. The van der Waals surface area contributed by atoms with Gasteiger partial charge in [0.15, 0.2) is 0 Å². The Morgan fingerprint density at radius 3 is 2.83 bits per heavy atom. The molecule has 0 aromatic carbocycles. The van der Waals surface area contributed by atoms with E-state index in [1.165, 1.54) is 12.3 Å². The van der Waals surface area contributed by atoms with Crippen LogP contribution in [0, 0.1) is 0 Å². The smallest absolute Gasteiger partial charge is 0.269 e. The minimum Gasteiger partial charge on any atom is -0.350 e. The molecule has 0 radical (unpaired) electrons. The van der Waals surface area contributed by atoms with Crippen molar-refractivity contribution in [2.24, 2.45) is 0 Å². The Morgan fingerprint density at radius 2 is 2.11 bits per heavy atom. The fraction of sp³-hybridized carbons (Fsp3) is 0.154. The zero-order valence-corrected chi connectivity index (χ0v) is 10.4. The molecule has 0 bridgehead atoms. The van der Waals surface area contributed by atoms with E-state index >= 15 is 0 Å². The lowest BCUT2D eigenvalue weighted by Gasteiger charge is -2.04. The van der Waals surface area contributed by atoms with Gasteiger partial charge in [-0.3, -0.25) is 14.8 Å². The van der Waals surface area contributed by atoms with Gasteiger partial charge in [0.25, 0.3) is 5.91 Å². The van der Waals surface area contributed by atoms with Gasteiger partial charge in [0.05, 0.1) is 0 Å². The summed E-state index contributed by atoms with van der Waals surface area (Å²) in [6, 6.07) is 8.87. The summed E-state index contributed by atoms with van der Waals surface area (Å²) in [6.45, 7) is 0.518. The van der Waals surface area contributed by atoms with Gasteiger partial charge in [-0.15, -0.1) is 0 Å². The van der Waals surface area contributed by atoms with E-state index in [4.69, 9.17) is 11.6 Å². The van der Waals surface area contributed by atoms with E-state index in [9.17, 15) is 4.79 Å². The van der Waals surface area contributed by atoms with Crippen LogP contribution in [0.3, 0.4) is 0 Å². The summed E-state index contributed by atoms with van der Waals surface area (Å²) in [5.74, 6) is -0.228. The Bertz CT molecular complexity index is 531. The van der Waals surface area contributed by atoms with Gasteiger partial charge in [-0.1, -0.05) is 17.7 Å². The van der Waals surface area contributed by atoms with Crippen LogP contribution in [-0.2, 0) is 6.42 Å². The Kier molecular flexibility index (Phi) is 4.25. The van der Waals surface area contributed by atoms with E-state index in [-0.39, 0.29) is 5.91 Å². The third-order valence-electron chi connectivity index (χ3n) is 2.35. The summed E-state index contributed by atoms with van der Waals surface area (Å²) in [4.78, 5) is 19.9. The largest absolute Gasteiger partial charge is 0.350 e. The van der Waals surface area contributed by atoms with Crippen molar-refractivity contribution in [2.75, 3.05) is 6.54 Å². The number of amides is 1. The fourth-order valence-electron chi connectivity index (χ4n) is 1.47. The third-order valence-corrected chi connectivity index (χ3v) is 2.58. The van der Waals surface area contributed by atoms with E-state index in [0.717, 1.165) is 5.69 Å². The van der Waals surface area contributed by atoms with Crippen LogP contribution in [0.15, 0.2) is 42.7 Å². The molecular weight excluding hydrogens is 250 g/mol. The molecular formula is C13H12ClN3O. The Balaban J connectivity index is 1.86. The van der Waals surface area contributed by atoms with Crippen LogP contribution in [0.25, 0.3) is 0 Å². The molecule has 18 heavy (non-hydrogen) atoms. The quantitative estimate of drug-likeness (QED) is 0.917. The number of hydrogen-bond acceptors (Lipinski definition) is 3. The van der Waals surface area contributed by atoms with Gasteiger partial charge in [-0.05, 0) is 24.3 Å². The maximum absolute atomic E-state index is 11.7. The van der Waals surface area contributed by atoms with Crippen LogP contribution >= 0.6 is 11.6 Å². The number of halogens is 1. The Hall–Kier alpha value is -1.94. The maximum Gasteiger partial charge on any atom is 0.269 e. The van der Waals surface area contributed by atoms with E-state index in [1.54, 1.807) is 12.3 Å². The Labute approximate surface area is 110 Å². The lowest BCUT2D eigenvalue weighted by molar-refractivity contribution is 0.0949. The van der Waals surface area contributed by atoms with Gasteiger partial charge in [0.1, 0.15) is 5.69 Å². The lowest BCUT2D eigenvalue weighted by Crippen LogP contribution is -2.26. The molecule has 0 aliphatic rings. The van der Waals surface area contributed by atoms with Crippen molar-refractivity contribution in [1.29, 1.82) is 0 Å².